The molecule has 0 radical (unpaired) electrons. The summed E-state index contributed by atoms with van der Waals surface area (Å²) in [7, 11) is 2.06. The molecule has 0 bridgehead atoms. The van der Waals surface area contributed by atoms with Crippen LogP contribution in [-0.2, 0) is 4.79 Å². The van der Waals surface area contributed by atoms with Crippen LogP contribution in [0.25, 0.3) is 0 Å². The predicted octanol–water partition coefficient (Wildman–Crippen LogP) is 1.74. The second-order valence-electron chi connectivity index (χ2n) is 4.88. The minimum absolute atomic E-state index is 0.174. The van der Waals surface area contributed by atoms with Crippen molar-refractivity contribution in [2.24, 2.45) is 0 Å². The van der Waals surface area contributed by atoms with Crippen molar-refractivity contribution in [2.75, 3.05) is 23.8 Å². The first-order valence-electron chi connectivity index (χ1n) is 6.67. The second kappa shape index (κ2) is 6.36. The van der Waals surface area contributed by atoms with Crippen molar-refractivity contribution < 1.29 is 9.90 Å². The lowest BCUT2D eigenvalue weighted by molar-refractivity contribution is -0.137. The third kappa shape index (κ3) is 3.81. The summed E-state index contributed by atoms with van der Waals surface area (Å²) in [4.78, 5) is 21.0. The maximum Gasteiger partial charge on any atom is 0.303 e. The lowest BCUT2D eigenvalue weighted by Crippen LogP contribution is -2.37. The molecule has 1 aliphatic rings. The van der Waals surface area contributed by atoms with E-state index >= 15 is 0 Å². The van der Waals surface area contributed by atoms with Gasteiger partial charge in [-0.25, -0.2) is 9.97 Å². The Bertz CT molecular complexity index is 434. The van der Waals surface area contributed by atoms with Crippen LogP contribution in [0.2, 0.25) is 0 Å². The van der Waals surface area contributed by atoms with Crippen molar-refractivity contribution in [3.8, 4) is 0 Å². The zero-order chi connectivity index (χ0) is 13.7. The molecule has 1 aromatic heterocycles. The number of carboxylic acid groups (broad SMARTS) is 1. The molecule has 0 unspecified atom stereocenters. The number of nitrogens with zero attached hydrogens (tertiary/aromatic N) is 3. The van der Waals surface area contributed by atoms with Crippen molar-refractivity contribution >= 4 is 17.6 Å². The highest BCUT2D eigenvalue weighted by Gasteiger charge is 2.23. The molecule has 0 aromatic carbocycles. The third-order valence-corrected chi connectivity index (χ3v) is 3.51. The fourth-order valence-corrected chi connectivity index (χ4v) is 2.05. The highest BCUT2D eigenvalue weighted by Crippen LogP contribution is 2.27. The molecule has 1 saturated carbocycles. The normalized spacial score (nSPS) is 14.8. The Hall–Kier alpha value is -1.85. The minimum atomic E-state index is -0.769. The van der Waals surface area contributed by atoms with E-state index in [1.165, 1.54) is 19.3 Å². The van der Waals surface area contributed by atoms with E-state index in [0.29, 0.717) is 19.0 Å². The first-order valence-corrected chi connectivity index (χ1v) is 6.67. The van der Waals surface area contributed by atoms with Crippen molar-refractivity contribution in [3.63, 3.8) is 0 Å². The van der Waals surface area contributed by atoms with E-state index in [4.69, 9.17) is 5.11 Å². The molecular formula is C13H20N4O2. The van der Waals surface area contributed by atoms with E-state index < -0.39 is 5.97 Å². The molecule has 1 aliphatic carbocycles. The fraction of sp³-hybridized carbons (Fsp3) is 0.615. The van der Waals surface area contributed by atoms with Crippen molar-refractivity contribution in [1.29, 1.82) is 0 Å². The molecule has 104 valence electrons. The zero-order valence-electron chi connectivity index (χ0n) is 11.2. The average Bonchev–Trinajstić information content (AvgIpc) is 2.33. The van der Waals surface area contributed by atoms with Gasteiger partial charge in [0.25, 0.3) is 0 Å². The van der Waals surface area contributed by atoms with E-state index in [-0.39, 0.29) is 6.42 Å². The summed E-state index contributed by atoms with van der Waals surface area (Å²) in [5, 5.41) is 11.7. The van der Waals surface area contributed by atoms with Gasteiger partial charge in [0.1, 0.15) is 18.0 Å². The largest absolute Gasteiger partial charge is 0.481 e. The Balaban J connectivity index is 1.85. The quantitative estimate of drug-likeness (QED) is 0.730. The summed E-state index contributed by atoms with van der Waals surface area (Å²) in [5.41, 5.74) is 0. The first kappa shape index (κ1) is 13.6. The monoisotopic (exact) mass is 264 g/mol. The standard InChI is InChI=1S/C13H20N4O2/c1-17(10-4-2-5-10)12-8-11(15-9-16-12)14-7-3-6-13(18)19/h8-10H,2-7H2,1H3,(H,18,19)(H,14,15,16). The Morgan fingerprint density at radius 2 is 2.32 bits per heavy atom. The molecule has 6 nitrogen and oxygen atoms in total. The highest BCUT2D eigenvalue weighted by molar-refractivity contribution is 5.66. The van der Waals surface area contributed by atoms with Gasteiger partial charge in [0, 0.05) is 32.1 Å². The van der Waals surface area contributed by atoms with Crippen LogP contribution in [-0.4, -0.2) is 40.7 Å². The van der Waals surface area contributed by atoms with Crippen LogP contribution in [0, 0.1) is 0 Å². The number of hydrogen-bond donors (Lipinski definition) is 2. The van der Waals surface area contributed by atoms with Crippen LogP contribution < -0.4 is 10.2 Å². The molecule has 0 saturated heterocycles. The lowest BCUT2D eigenvalue weighted by Gasteiger charge is -2.35. The molecule has 6 heteroatoms. The predicted molar refractivity (Wildman–Crippen MR) is 73.4 cm³/mol. The van der Waals surface area contributed by atoms with Gasteiger partial charge < -0.3 is 15.3 Å². The van der Waals surface area contributed by atoms with Gasteiger partial charge in [-0.1, -0.05) is 0 Å². The Morgan fingerprint density at radius 3 is 2.95 bits per heavy atom. The molecule has 19 heavy (non-hydrogen) atoms. The Morgan fingerprint density at radius 1 is 1.53 bits per heavy atom. The van der Waals surface area contributed by atoms with Crippen LogP contribution >= 0.6 is 0 Å². The molecule has 0 aliphatic heterocycles. The van der Waals surface area contributed by atoms with Gasteiger partial charge in [0.05, 0.1) is 0 Å². The molecule has 1 fully saturated rings. The van der Waals surface area contributed by atoms with E-state index in [2.05, 4.69) is 27.2 Å². The molecule has 2 rings (SSSR count). The van der Waals surface area contributed by atoms with Gasteiger partial charge in [0.2, 0.25) is 0 Å². The molecule has 1 aromatic rings. The number of rotatable bonds is 7. The number of aromatic nitrogens is 2. The number of carbonyl (C=O) groups is 1. The fourth-order valence-electron chi connectivity index (χ4n) is 2.05. The topological polar surface area (TPSA) is 78.4 Å². The van der Waals surface area contributed by atoms with Crippen LogP contribution in [0.5, 0.6) is 0 Å². The Labute approximate surface area is 112 Å². The van der Waals surface area contributed by atoms with E-state index in [9.17, 15) is 4.79 Å². The molecule has 0 amide bonds. The van der Waals surface area contributed by atoms with Crippen LogP contribution in [0.4, 0.5) is 11.6 Å². The van der Waals surface area contributed by atoms with Crippen LogP contribution in [0.15, 0.2) is 12.4 Å². The summed E-state index contributed by atoms with van der Waals surface area (Å²) >= 11 is 0. The summed E-state index contributed by atoms with van der Waals surface area (Å²) in [6.45, 7) is 0.607. The molecule has 0 atom stereocenters. The third-order valence-electron chi connectivity index (χ3n) is 3.51. The van der Waals surface area contributed by atoms with Gasteiger partial charge in [-0.05, 0) is 25.7 Å². The average molecular weight is 264 g/mol. The summed E-state index contributed by atoms with van der Waals surface area (Å²) < 4.78 is 0. The number of nitrogens with one attached hydrogen (secondary N) is 1. The maximum absolute atomic E-state index is 10.4. The lowest BCUT2D eigenvalue weighted by atomic mass is 9.92. The van der Waals surface area contributed by atoms with Crippen molar-refractivity contribution in [2.45, 2.75) is 38.1 Å². The SMILES string of the molecule is CN(c1cc(NCCCC(=O)O)ncn1)C1CCC1. The first-order chi connectivity index (χ1) is 9.16. The summed E-state index contributed by atoms with van der Waals surface area (Å²) in [6, 6.07) is 2.51. The number of hydrogen-bond acceptors (Lipinski definition) is 5. The molecule has 1 heterocycles. The maximum atomic E-state index is 10.4. The number of anilines is 2. The van der Waals surface area contributed by atoms with Gasteiger partial charge in [0.15, 0.2) is 0 Å². The minimum Gasteiger partial charge on any atom is -0.481 e. The van der Waals surface area contributed by atoms with Crippen LogP contribution in [0.3, 0.4) is 0 Å². The number of carboxylic acids is 1. The van der Waals surface area contributed by atoms with Gasteiger partial charge in [-0.2, -0.15) is 0 Å². The van der Waals surface area contributed by atoms with Crippen molar-refractivity contribution in [1.82, 2.24) is 9.97 Å². The van der Waals surface area contributed by atoms with Crippen molar-refractivity contribution in [3.05, 3.63) is 12.4 Å². The molecule has 0 spiro atoms. The number of aliphatic carboxylic acids is 1. The molecule has 2 N–H and O–H groups in total. The summed E-state index contributed by atoms with van der Waals surface area (Å²) in [6.07, 6.45) is 6.05. The van der Waals surface area contributed by atoms with Gasteiger partial charge in [-0.3, -0.25) is 4.79 Å². The molecular weight excluding hydrogens is 244 g/mol. The van der Waals surface area contributed by atoms with Crippen LogP contribution in [0.1, 0.15) is 32.1 Å². The highest BCUT2D eigenvalue weighted by atomic mass is 16.4. The Kier molecular flexibility index (Phi) is 4.54. The second-order valence-corrected chi connectivity index (χ2v) is 4.88. The van der Waals surface area contributed by atoms with E-state index in [1.54, 1.807) is 6.33 Å². The van der Waals surface area contributed by atoms with Gasteiger partial charge in [-0.15, -0.1) is 0 Å². The van der Waals surface area contributed by atoms with Gasteiger partial charge >= 0.3 is 5.97 Å². The smallest absolute Gasteiger partial charge is 0.303 e. The summed E-state index contributed by atoms with van der Waals surface area (Å²) in [5.74, 6) is 0.900. The van der Waals surface area contributed by atoms with E-state index in [0.717, 1.165) is 11.6 Å². The zero-order valence-corrected chi connectivity index (χ0v) is 11.2. The van der Waals surface area contributed by atoms with E-state index in [1.807, 2.05) is 6.07 Å².